The van der Waals surface area contributed by atoms with Crippen LogP contribution in [0.4, 0.5) is 0 Å². The van der Waals surface area contributed by atoms with Crippen LogP contribution in [0.3, 0.4) is 0 Å². The number of aromatic amines is 1. The van der Waals surface area contributed by atoms with Gasteiger partial charge in [-0.25, -0.2) is 0 Å². The third-order valence-corrected chi connectivity index (χ3v) is 4.08. The van der Waals surface area contributed by atoms with Gasteiger partial charge in [0, 0.05) is 21.8 Å². The van der Waals surface area contributed by atoms with Gasteiger partial charge in [0.2, 0.25) is 0 Å². The van der Waals surface area contributed by atoms with Gasteiger partial charge < -0.3 is 4.98 Å². The van der Waals surface area contributed by atoms with Crippen LogP contribution in [0.15, 0.2) is 78.9 Å². The number of unbranched alkanes of at least 4 members (excludes halogenated alkanes) is 1. The normalized spacial score (nSPS) is 10.5. The van der Waals surface area contributed by atoms with Gasteiger partial charge >= 0.3 is 0 Å². The van der Waals surface area contributed by atoms with E-state index in [1.807, 2.05) is 0 Å². The smallest absolute Gasteiger partial charge is 0.0464 e. The molecule has 116 valence electrons. The summed E-state index contributed by atoms with van der Waals surface area (Å²) >= 11 is 0. The van der Waals surface area contributed by atoms with E-state index in [-0.39, 0.29) is 0 Å². The Morgan fingerprint density at radius 3 is 1.74 bits per heavy atom. The monoisotopic (exact) mass is 301 g/mol. The maximum absolute atomic E-state index is 3.38. The van der Waals surface area contributed by atoms with Crippen LogP contribution in [0, 0.1) is 0 Å². The van der Waals surface area contributed by atoms with Crippen molar-refractivity contribution in [2.75, 3.05) is 0 Å². The number of benzene rings is 3. The second-order valence-corrected chi connectivity index (χ2v) is 5.81. The summed E-state index contributed by atoms with van der Waals surface area (Å²) in [5.74, 6) is 0. The summed E-state index contributed by atoms with van der Waals surface area (Å²) in [7, 11) is 0. The first-order chi connectivity index (χ1) is 11.4. The summed E-state index contributed by atoms with van der Waals surface area (Å²) in [6, 6.07) is 27.4. The topological polar surface area (TPSA) is 15.8 Å². The van der Waals surface area contributed by atoms with E-state index in [2.05, 4.69) is 90.8 Å². The van der Waals surface area contributed by atoms with Crippen molar-refractivity contribution in [2.24, 2.45) is 0 Å². The van der Waals surface area contributed by atoms with Crippen LogP contribution in [0.5, 0.6) is 0 Å². The van der Waals surface area contributed by atoms with Gasteiger partial charge in [0.05, 0.1) is 0 Å². The molecule has 0 spiro atoms. The van der Waals surface area contributed by atoms with Crippen molar-refractivity contribution in [1.29, 1.82) is 0 Å². The highest BCUT2D eigenvalue weighted by Gasteiger charge is 2.00. The van der Waals surface area contributed by atoms with Crippen molar-refractivity contribution < 1.29 is 0 Å². The van der Waals surface area contributed by atoms with Gasteiger partial charge in [-0.2, -0.15) is 0 Å². The fraction of sp³-hybridized carbons (Fsp3) is 0.182. The average molecular weight is 301 g/mol. The van der Waals surface area contributed by atoms with Crippen LogP contribution in [0.2, 0.25) is 0 Å². The Hall–Kier alpha value is -2.54. The minimum atomic E-state index is 1.21. The molecule has 0 aliphatic heterocycles. The molecule has 0 bridgehead atoms. The minimum Gasteiger partial charge on any atom is -0.355 e. The van der Waals surface area contributed by atoms with Crippen LogP contribution in [-0.4, -0.2) is 4.98 Å². The number of H-pyrrole nitrogens is 1. The standard InChI is InChI=1S/C12H9N.C10H14/c1-3-7-11-9(5-1)10-6-2-4-8-12(10)13-11;1-2-3-7-10-8-5-4-6-9-10/h1-8,13H;4-6,8-9H,2-3,7H2,1H3. The number of aryl methyl sites for hydroxylation is 1. The van der Waals surface area contributed by atoms with Gasteiger partial charge in [-0.15, -0.1) is 0 Å². The van der Waals surface area contributed by atoms with Crippen molar-refractivity contribution in [3.8, 4) is 0 Å². The Kier molecular flexibility index (Phi) is 5.10. The predicted octanol–water partition coefficient (Wildman–Crippen LogP) is 6.35. The molecule has 0 unspecified atom stereocenters. The van der Waals surface area contributed by atoms with Crippen LogP contribution >= 0.6 is 0 Å². The summed E-state index contributed by atoms with van der Waals surface area (Å²) < 4.78 is 0. The second-order valence-electron chi connectivity index (χ2n) is 5.81. The predicted molar refractivity (Wildman–Crippen MR) is 101 cm³/mol. The lowest BCUT2D eigenvalue weighted by Crippen LogP contribution is -1.81. The van der Waals surface area contributed by atoms with Crippen molar-refractivity contribution in [2.45, 2.75) is 26.2 Å². The molecule has 4 rings (SSSR count). The van der Waals surface area contributed by atoms with E-state index in [0.717, 1.165) is 0 Å². The number of hydrogen-bond acceptors (Lipinski definition) is 0. The molecule has 4 aromatic rings. The van der Waals surface area contributed by atoms with E-state index in [1.54, 1.807) is 0 Å². The van der Waals surface area contributed by atoms with Crippen LogP contribution in [-0.2, 0) is 6.42 Å². The zero-order valence-corrected chi connectivity index (χ0v) is 13.6. The van der Waals surface area contributed by atoms with E-state index in [9.17, 15) is 0 Å². The third kappa shape index (κ3) is 3.81. The molecule has 1 heterocycles. The fourth-order valence-corrected chi connectivity index (χ4v) is 2.82. The van der Waals surface area contributed by atoms with Crippen LogP contribution < -0.4 is 0 Å². The van der Waals surface area contributed by atoms with Crippen molar-refractivity contribution in [3.63, 3.8) is 0 Å². The van der Waals surface area contributed by atoms with E-state index in [4.69, 9.17) is 0 Å². The Labute approximate surface area is 138 Å². The van der Waals surface area contributed by atoms with Crippen LogP contribution in [0.1, 0.15) is 25.3 Å². The van der Waals surface area contributed by atoms with Crippen molar-refractivity contribution in [1.82, 2.24) is 4.98 Å². The molecule has 1 N–H and O–H groups in total. The second kappa shape index (κ2) is 7.64. The summed E-state index contributed by atoms with van der Waals surface area (Å²) in [6.45, 7) is 2.23. The highest BCUT2D eigenvalue weighted by atomic mass is 14.7. The zero-order valence-electron chi connectivity index (χ0n) is 13.6. The largest absolute Gasteiger partial charge is 0.355 e. The number of fused-ring (bicyclic) bond motifs is 3. The van der Waals surface area contributed by atoms with Crippen molar-refractivity contribution in [3.05, 3.63) is 84.4 Å². The Morgan fingerprint density at radius 1 is 0.652 bits per heavy atom. The molecule has 1 heteroatoms. The van der Waals surface area contributed by atoms with Gasteiger partial charge in [-0.3, -0.25) is 0 Å². The number of nitrogens with one attached hydrogen (secondary N) is 1. The van der Waals surface area contributed by atoms with Gasteiger partial charge in [0.15, 0.2) is 0 Å². The quantitative estimate of drug-likeness (QED) is 0.454. The van der Waals surface area contributed by atoms with Gasteiger partial charge in [0.1, 0.15) is 0 Å². The lowest BCUT2D eigenvalue weighted by atomic mass is 10.1. The first kappa shape index (κ1) is 15.4. The third-order valence-electron chi connectivity index (χ3n) is 4.08. The molecule has 0 aliphatic rings. The molecule has 1 nitrogen and oxygen atoms in total. The van der Waals surface area contributed by atoms with Gasteiger partial charge in [0.25, 0.3) is 0 Å². The van der Waals surface area contributed by atoms with Crippen molar-refractivity contribution >= 4 is 21.8 Å². The summed E-state index contributed by atoms with van der Waals surface area (Å²) in [5, 5.41) is 2.61. The molecule has 0 atom stereocenters. The maximum Gasteiger partial charge on any atom is 0.0464 e. The van der Waals surface area contributed by atoms with Gasteiger partial charge in [-0.05, 0) is 30.5 Å². The average Bonchev–Trinajstić information content (AvgIpc) is 3.00. The van der Waals surface area contributed by atoms with Crippen LogP contribution in [0.25, 0.3) is 21.8 Å². The number of para-hydroxylation sites is 2. The molecular formula is C22H23N. The number of aromatic nitrogens is 1. The summed E-state index contributed by atoms with van der Waals surface area (Å²) in [6.07, 6.45) is 3.83. The molecule has 23 heavy (non-hydrogen) atoms. The van der Waals surface area contributed by atoms with E-state index in [0.29, 0.717) is 0 Å². The lowest BCUT2D eigenvalue weighted by molar-refractivity contribution is 0.795. The summed E-state index contributed by atoms with van der Waals surface area (Å²) in [5.41, 5.74) is 3.89. The maximum atomic E-state index is 3.38. The lowest BCUT2D eigenvalue weighted by Gasteiger charge is -1.96. The summed E-state index contributed by atoms with van der Waals surface area (Å²) in [4.78, 5) is 3.38. The molecule has 0 amide bonds. The SMILES string of the molecule is CCCCc1ccccc1.c1ccc2c(c1)[nH]c1ccccc12. The fourth-order valence-electron chi connectivity index (χ4n) is 2.82. The number of hydrogen-bond donors (Lipinski definition) is 1. The van der Waals surface area contributed by atoms with E-state index >= 15 is 0 Å². The first-order valence-electron chi connectivity index (χ1n) is 8.38. The molecule has 3 aromatic carbocycles. The van der Waals surface area contributed by atoms with Gasteiger partial charge in [-0.1, -0.05) is 80.1 Å². The molecule has 0 saturated carbocycles. The Balaban J connectivity index is 0.000000142. The van der Waals surface area contributed by atoms with E-state index < -0.39 is 0 Å². The molecule has 0 radical (unpaired) electrons. The Morgan fingerprint density at radius 2 is 1.17 bits per heavy atom. The number of rotatable bonds is 3. The molecule has 0 aliphatic carbocycles. The zero-order chi connectivity index (χ0) is 15.9. The molecule has 1 aromatic heterocycles. The minimum absolute atomic E-state index is 1.21. The Bertz CT molecular complexity index is 808. The highest BCUT2D eigenvalue weighted by molar-refractivity contribution is 6.06. The highest BCUT2D eigenvalue weighted by Crippen LogP contribution is 2.24. The molecular weight excluding hydrogens is 278 g/mol. The first-order valence-corrected chi connectivity index (χ1v) is 8.38. The van der Waals surface area contributed by atoms with E-state index in [1.165, 1.54) is 46.6 Å². The molecule has 0 saturated heterocycles. The molecule has 0 fully saturated rings.